The number of nitrogens with two attached hydrogens (primary N) is 1. The highest BCUT2D eigenvalue weighted by molar-refractivity contribution is 6.35. The lowest BCUT2D eigenvalue weighted by molar-refractivity contribution is 0.569. The van der Waals surface area contributed by atoms with E-state index in [9.17, 15) is 0 Å². The van der Waals surface area contributed by atoms with E-state index >= 15 is 0 Å². The minimum atomic E-state index is 0.0633. The summed E-state index contributed by atoms with van der Waals surface area (Å²) in [6.45, 7) is 2.74. The van der Waals surface area contributed by atoms with E-state index in [1.165, 1.54) is 11.3 Å². The first-order valence-corrected chi connectivity index (χ1v) is 7.88. The summed E-state index contributed by atoms with van der Waals surface area (Å²) < 4.78 is 0. The van der Waals surface area contributed by atoms with Gasteiger partial charge >= 0.3 is 0 Å². The molecule has 110 valence electrons. The molecule has 21 heavy (non-hydrogen) atoms. The second-order valence-electron chi connectivity index (χ2n) is 5.51. The molecule has 3 rings (SSSR count). The van der Waals surface area contributed by atoms with Crippen LogP contribution in [0.5, 0.6) is 0 Å². The molecule has 1 aliphatic heterocycles. The highest BCUT2D eigenvalue weighted by atomic mass is 35.5. The predicted octanol–water partition coefficient (Wildman–Crippen LogP) is 4.44. The summed E-state index contributed by atoms with van der Waals surface area (Å²) in [6, 6.07) is 14.6. The number of rotatable bonds is 3. The number of fused-ring (bicyclic) bond motifs is 1. The minimum Gasteiger partial charge on any atom is -0.360 e. The monoisotopic (exact) mass is 320 g/mol. The van der Waals surface area contributed by atoms with Crippen molar-refractivity contribution in [3.8, 4) is 0 Å². The average molecular weight is 321 g/mol. The van der Waals surface area contributed by atoms with Gasteiger partial charge in [0.25, 0.3) is 0 Å². The Hall–Kier alpha value is -1.22. The van der Waals surface area contributed by atoms with Crippen molar-refractivity contribution in [2.45, 2.75) is 25.4 Å². The molecule has 4 heteroatoms. The van der Waals surface area contributed by atoms with Crippen LogP contribution in [-0.4, -0.2) is 12.6 Å². The molecule has 2 atom stereocenters. The molecule has 0 fully saturated rings. The molecular formula is C17H18Cl2N2. The van der Waals surface area contributed by atoms with Crippen molar-refractivity contribution < 1.29 is 0 Å². The zero-order valence-corrected chi connectivity index (χ0v) is 13.4. The van der Waals surface area contributed by atoms with Crippen LogP contribution in [0.3, 0.4) is 0 Å². The summed E-state index contributed by atoms with van der Waals surface area (Å²) >= 11 is 12.4. The highest BCUT2D eigenvalue weighted by Gasteiger charge is 2.32. The number of benzene rings is 2. The zero-order valence-electron chi connectivity index (χ0n) is 11.9. The smallest absolute Gasteiger partial charge is 0.0682 e. The number of hydrogen-bond acceptors (Lipinski definition) is 2. The lowest BCUT2D eigenvalue weighted by atomic mass is 10.0. The number of halogens is 2. The summed E-state index contributed by atoms with van der Waals surface area (Å²) in [5.41, 5.74) is 9.74. The van der Waals surface area contributed by atoms with Crippen LogP contribution in [0, 0.1) is 0 Å². The molecule has 2 unspecified atom stereocenters. The molecule has 0 amide bonds. The van der Waals surface area contributed by atoms with Crippen molar-refractivity contribution in [1.29, 1.82) is 0 Å². The third-order valence-corrected chi connectivity index (χ3v) is 4.70. The minimum absolute atomic E-state index is 0.0633. The Morgan fingerprint density at radius 2 is 2.00 bits per heavy atom. The molecule has 0 bridgehead atoms. The molecule has 0 spiro atoms. The van der Waals surface area contributed by atoms with Gasteiger partial charge in [-0.05, 0) is 42.7 Å². The van der Waals surface area contributed by atoms with Crippen LogP contribution in [0.1, 0.15) is 24.1 Å². The zero-order chi connectivity index (χ0) is 15.0. The van der Waals surface area contributed by atoms with Gasteiger partial charge in [0.15, 0.2) is 0 Å². The molecule has 2 aromatic rings. The lowest BCUT2D eigenvalue weighted by Crippen LogP contribution is -2.37. The number of anilines is 1. The quantitative estimate of drug-likeness (QED) is 0.905. The maximum atomic E-state index is 6.39. The van der Waals surface area contributed by atoms with Crippen LogP contribution in [0.2, 0.25) is 10.0 Å². The van der Waals surface area contributed by atoms with Crippen LogP contribution in [0.15, 0.2) is 42.5 Å². The molecule has 2 N–H and O–H groups in total. The average Bonchev–Trinajstić information content (AvgIpc) is 2.78. The molecule has 2 nitrogen and oxygen atoms in total. The second-order valence-corrected chi connectivity index (χ2v) is 6.35. The molecule has 2 aromatic carbocycles. The molecular weight excluding hydrogens is 303 g/mol. The summed E-state index contributed by atoms with van der Waals surface area (Å²) in [6.07, 6.45) is 1.04. The Balaban J connectivity index is 2.04. The van der Waals surface area contributed by atoms with Crippen LogP contribution in [0.4, 0.5) is 5.69 Å². The van der Waals surface area contributed by atoms with Crippen molar-refractivity contribution >= 4 is 28.9 Å². The molecule has 1 aliphatic rings. The Kier molecular flexibility index (Phi) is 4.12. The van der Waals surface area contributed by atoms with Crippen LogP contribution >= 0.6 is 23.2 Å². The predicted molar refractivity (Wildman–Crippen MR) is 90.3 cm³/mol. The molecule has 0 radical (unpaired) electrons. The third kappa shape index (κ3) is 2.64. The van der Waals surface area contributed by atoms with Gasteiger partial charge in [-0.15, -0.1) is 0 Å². The maximum absolute atomic E-state index is 6.39. The largest absolute Gasteiger partial charge is 0.360 e. The molecule has 1 heterocycles. The van der Waals surface area contributed by atoms with E-state index in [0.29, 0.717) is 22.6 Å². The Morgan fingerprint density at radius 3 is 2.71 bits per heavy atom. The fourth-order valence-corrected chi connectivity index (χ4v) is 3.76. The van der Waals surface area contributed by atoms with Gasteiger partial charge in [-0.3, -0.25) is 0 Å². The first kappa shape index (κ1) is 14.7. The lowest BCUT2D eigenvalue weighted by Gasteiger charge is -2.34. The second kappa shape index (κ2) is 5.88. The standard InChI is InChI=1S/C17H18Cl2N2/c1-11-8-12-4-2-3-5-16(12)21(11)17(10-20)14-7-6-13(18)9-15(14)19/h2-7,9,11,17H,8,10,20H2,1H3. The van der Waals surface area contributed by atoms with Crippen LogP contribution in [-0.2, 0) is 6.42 Å². The van der Waals surface area contributed by atoms with Crippen molar-refractivity contribution in [3.63, 3.8) is 0 Å². The van der Waals surface area contributed by atoms with Gasteiger partial charge in [-0.25, -0.2) is 0 Å². The van der Waals surface area contributed by atoms with E-state index < -0.39 is 0 Å². The summed E-state index contributed by atoms with van der Waals surface area (Å²) in [4.78, 5) is 2.38. The van der Waals surface area contributed by atoms with E-state index in [-0.39, 0.29) is 6.04 Å². The fourth-order valence-electron chi connectivity index (χ4n) is 3.23. The first-order valence-electron chi connectivity index (χ1n) is 7.13. The Labute approximate surface area is 135 Å². The summed E-state index contributed by atoms with van der Waals surface area (Å²) in [5.74, 6) is 0. The van der Waals surface area contributed by atoms with E-state index in [0.717, 1.165) is 12.0 Å². The van der Waals surface area contributed by atoms with Gasteiger partial charge in [0.05, 0.1) is 6.04 Å². The van der Waals surface area contributed by atoms with Gasteiger partial charge in [0.2, 0.25) is 0 Å². The molecule has 0 aliphatic carbocycles. The topological polar surface area (TPSA) is 29.3 Å². The van der Waals surface area contributed by atoms with Crippen LogP contribution in [0.25, 0.3) is 0 Å². The first-order chi connectivity index (χ1) is 10.1. The number of hydrogen-bond donors (Lipinski definition) is 1. The van der Waals surface area contributed by atoms with E-state index in [2.05, 4.69) is 36.1 Å². The summed E-state index contributed by atoms with van der Waals surface area (Å²) in [5, 5.41) is 1.32. The van der Waals surface area contributed by atoms with Crippen molar-refractivity contribution in [2.75, 3.05) is 11.4 Å². The van der Waals surface area contributed by atoms with Crippen molar-refractivity contribution in [1.82, 2.24) is 0 Å². The van der Waals surface area contributed by atoms with Crippen molar-refractivity contribution in [2.24, 2.45) is 5.73 Å². The van der Waals surface area contributed by atoms with Gasteiger partial charge in [-0.2, -0.15) is 0 Å². The van der Waals surface area contributed by atoms with Gasteiger partial charge in [-0.1, -0.05) is 47.5 Å². The molecule has 0 saturated heterocycles. The number of para-hydroxylation sites is 1. The van der Waals surface area contributed by atoms with Crippen LogP contribution < -0.4 is 10.6 Å². The third-order valence-electron chi connectivity index (χ3n) is 4.14. The van der Waals surface area contributed by atoms with Gasteiger partial charge < -0.3 is 10.6 Å². The van der Waals surface area contributed by atoms with E-state index in [1.54, 1.807) is 6.07 Å². The van der Waals surface area contributed by atoms with Gasteiger partial charge in [0, 0.05) is 28.3 Å². The van der Waals surface area contributed by atoms with E-state index in [4.69, 9.17) is 28.9 Å². The maximum Gasteiger partial charge on any atom is 0.0682 e. The van der Waals surface area contributed by atoms with Crippen molar-refractivity contribution in [3.05, 3.63) is 63.6 Å². The highest BCUT2D eigenvalue weighted by Crippen LogP contribution is 2.40. The summed E-state index contributed by atoms with van der Waals surface area (Å²) in [7, 11) is 0. The number of nitrogens with zero attached hydrogens (tertiary/aromatic N) is 1. The Bertz CT molecular complexity index is 657. The molecule has 0 aromatic heterocycles. The fraction of sp³-hybridized carbons (Fsp3) is 0.294. The normalized spacial score (nSPS) is 18.7. The van der Waals surface area contributed by atoms with Gasteiger partial charge in [0.1, 0.15) is 0 Å². The molecule has 0 saturated carbocycles. The Morgan fingerprint density at radius 1 is 1.24 bits per heavy atom. The van der Waals surface area contributed by atoms with E-state index in [1.807, 2.05) is 12.1 Å². The SMILES string of the molecule is CC1Cc2ccccc2N1C(CN)c1ccc(Cl)cc1Cl.